The first-order valence-electron chi connectivity index (χ1n) is 7.19. The molecule has 1 unspecified atom stereocenters. The fourth-order valence-electron chi connectivity index (χ4n) is 2.02. The van der Waals surface area contributed by atoms with E-state index in [1.807, 2.05) is 31.2 Å². The van der Waals surface area contributed by atoms with Crippen LogP contribution in [0, 0.1) is 0 Å². The van der Waals surface area contributed by atoms with E-state index in [0.717, 1.165) is 23.1 Å². The highest BCUT2D eigenvalue weighted by Gasteiger charge is 2.20. The van der Waals surface area contributed by atoms with E-state index >= 15 is 0 Å². The first kappa shape index (κ1) is 15.9. The summed E-state index contributed by atoms with van der Waals surface area (Å²) >= 11 is 1.49. The van der Waals surface area contributed by atoms with Crippen LogP contribution in [0.25, 0.3) is 10.2 Å². The van der Waals surface area contributed by atoms with E-state index < -0.39 is 6.10 Å². The third kappa shape index (κ3) is 4.23. The molecule has 2 rings (SSSR count). The number of aromatic nitrogens is 1. The summed E-state index contributed by atoms with van der Waals surface area (Å²) in [6.45, 7) is 2.63. The maximum Gasteiger partial charge on any atom is 0.124 e. The van der Waals surface area contributed by atoms with Gasteiger partial charge in [-0.2, -0.15) is 0 Å². The summed E-state index contributed by atoms with van der Waals surface area (Å²) in [6, 6.07) is 7.51. The molecule has 1 heterocycles. The van der Waals surface area contributed by atoms with E-state index in [2.05, 4.69) is 9.98 Å². The summed E-state index contributed by atoms with van der Waals surface area (Å²) in [5.74, 6) is 0.662. The van der Waals surface area contributed by atoms with Gasteiger partial charge in [0.1, 0.15) is 11.1 Å². The standard InChI is InChI=1S/C15H22N4OS/c1-2-13(17)18-9-5-6-10(16)14(20)15-19-11-7-3-4-8-12(11)21-15/h3-4,7-8,10,14,20H,2,5-6,9,16H2,1H3,(H2,17,18)/t10-,14?/m0/s1. The van der Waals surface area contributed by atoms with E-state index in [1.165, 1.54) is 11.3 Å². The van der Waals surface area contributed by atoms with E-state index in [9.17, 15) is 5.11 Å². The maximum absolute atomic E-state index is 10.3. The monoisotopic (exact) mass is 306 g/mol. The number of amidine groups is 1. The Morgan fingerprint density at radius 2 is 2.19 bits per heavy atom. The third-order valence-corrected chi connectivity index (χ3v) is 4.45. The minimum absolute atomic E-state index is 0.330. The smallest absolute Gasteiger partial charge is 0.124 e. The Kier molecular flexibility index (Phi) is 5.67. The average Bonchev–Trinajstić information content (AvgIpc) is 2.94. The molecule has 0 bridgehead atoms. The van der Waals surface area contributed by atoms with E-state index in [1.54, 1.807) is 0 Å². The first-order chi connectivity index (χ1) is 10.1. The number of aliphatic hydroxyl groups is 1. The van der Waals surface area contributed by atoms with Gasteiger partial charge < -0.3 is 16.6 Å². The Morgan fingerprint density at radius 1 is 1.43 bits per heavy atom. The Balaban J connectivity index is 1.91. The topological polar surface area (TPSA) is 97.5 Å². The zero-order chi connectivity index (χ0) is 15.2. The number of thiazole rings is 1. The van der Waals surface area contributed by atoms with Crippen molar-refractivity contribution in [1.82, 2.24) is 4.98 Å². The highest BCUT2D eigenvalue weighted by molar-refractivity contribution is 7.18. The molecule has 2 aromatic rings. The SMILES string of the molecule is CCC(N)=NCCC[C@H](N)C(O)c1nc2ccccc2s1. The van der Waals surface area contributed by atoms with Gasteiger partial charge in [0, 0.05) is 19.0 Å². The van der Waals surface area contributed by atoms with Crippen molar-refractivity contribution in [3.05, 3.63) is 29.3 Å². The summed E-state index contributed by atoms with van der Waals surface area (Å²) in [5, 5.41) is 11.0. The molecule has 0 spiro atoms. The summed E-state index contributed by atoms with van der Waals surface area (Å²) in [5.41, 5.74) is 12.6. The second kappa shape index (κ2) is 7.49. The average molecular weight is 306 g/mol. The number of aliphatic imine (C=N–C) groups is 1. The summed E-state index contributed by atoms with van der Waals surface area (Å²) in [7, 11) is 0. The van der Waals surface area contributed by atoms with Crippen molar-refractivity contribution < 1.29 is 5.11 Å². The molecule has 0 fully saturated rings. The zero-order valence-corrected chi connectivity index (χ0v) is 13.0. The van der Waals surface area contributed by atoms with Crippen LogP contribution in [0.4, 0.5) is 0 Å². The van der Waals surface area contributed by atoms with Crippen molar-refractivity contribution in [1.29, 1.82) is 0 Å². The molecule has 0 amide bonds. The van der Waals surface area contributed by atoms with Crippen LogP contribution < -0.4 is 11.5 Å². The van der Waals surface area contributed by atoms with Gasteiger partial charge in [-0.3, -0.25) is 4.99 Å². The molecule has 1 aromatic heterocycles. The van der Waals surface area contributed by atoms with Gasteiger partial charge in [-0.05, 0) is 25.0 Å². The second-order valence-electron chi connectivity index (χ2n) is 5.00. The molecular formula is C15H22N4OS. The molecule has 0 aliphatic carbocycles. The highest BCUT2D eigenvalue weighted by atomic mass is 32.1. The van der Waals surface area contributed by atoms with Gasteiger partial charge in [0.15, 0.2) is 0 Å². The zero-order valence-electron chi connectivity index (χ0n) is 12.2. The highest BCUT2D eigenvalue weighted by Crippen LogP contribution is 2.28. The molecule has 0 aliphatic rings. The molecule has 6 heteroatoms. The minimum atomic E-state index is -0.727. The van der Waals surface area contributed by atoms with Crippen molar-refractivity contribution in [3.8, 4) is 0 Å². The number of fused-ring (bicyclic) bond motifs is 1. The number of benzene rings is 1. The lowest BCUT2D eigenvalue weighted by Crippen LogP contribution is -2.28. The Labute approximate surface area is 128 Å². The van der Waals surface area contributed by atoms with Crippen molar-refractivity contribution >= 4 is 27.4 Å². The largest absolute Gasteiger partial charge is 0.387 e. The van der Waals surface area contributed by atoms with Crippen LogP contribution >= 0.6 is 11.3 Å². The Hall–Kier alpha value is -1.50. The summed E-state index contributed by atoms with van der Waals surface area (Å²) in [6.07, 6.45) is 1.54. The van der Waals surface area contributed by atoms with E-state index in [-0.39, 0.29) is 6.04 Å². The second-order valence-corrected chi connectivity index (χ2v) is 6.06. The Bertz CT molecular complexity index is 577. The number of hydrogen-bond donors (Lipinski definition) is 3. The molecule has 5 nitrogen and oxygen atoms in total. The summed E-state index contributed by atoms with van der Waals surface area (Å²) < 4.78 is 1.07. The fraction of sp³-hybridized carbons (Fsp3) is 0.467. The number of para-hydroxylation sites is 1. The van der Waals surface area contributed by atoms with Gasteiger partial charge in [-0.15, -0.1) is 11.3 Å². The van der Waals surface area contributed by atoms with Crippen LogP contribution in [0.2, 0.25) is 0 Å². The number of nitrogens with two attached hydrogens (primary N) is 2. The normalized spacial score (nSPS) is 15.3. The van der Waals surface area contributed by atoms with Gasteiger partial charge in [0.2, 0.25) is 0 Å². The van der Waals surface area contributed by atoms with Crippen LogP contribution in [-0.2, 0) is 0 Å². The molecule has 0 saturated heterocycles. The molecule has 21 heavy (non-hydrogen) atoms. The van der Waals surface area contributed by atoms with Crippen LogP contribution in [0.5, 0.6) is 0 Å². The molecule has 2 atom stereocenters. The van der Waals surface area contributed by atoms with Crippen molar-refractivity contribution in [2.75, 3.05) is 6.54 Å². The van der Waals surface area contributed by atoms with Crippen LogP contribution in [0.3, 0.4) is 0 Å². The lowest BCUT2D eigenvalue weighted by atomic mass is 10.1. The molecule has 0 radical (unpaired) electrons. The predicted molar refractivity (Wildman–Crippen MR) is 88.6 cm³/mol. The summed E-state index contributed by atoms with van der Waals surface area (Å²) in [4.78, 5) is 8.67. The Morgan fingerprint density at radius 3 is 2.90 bits per heavy atom. The molecule has 1 aromatic carbocycles. The van der Waals surface area contributed by atoms with Crippen molar-refractivity contribution in [3.63, 3.8) is 0 Å². The minimum Gasteiger partial charge on any atom is -0.387 e. The van der Waals surface area contributed by atoms with Gasteiger partial charge in [0.25, 0.3) is 0 Å². The predicted octanol–water partition coefficient (Wildman–Crippen LogP) is 2.20. The van der Waals surface area contributed by atoms with Crippen LogP contribution in [0.1, 0.15) is 37.3 Å². The van der Waals surface area contributed by atoms with Gasteiger partial charge in [0.05, 0.1) is 16.1 Å². The third-order valence-electron chi connectivity index (χ3n) is 3.34. The van der Waals surface area contributed by atoms with E-state index in [4.69, 9.17) is 11.5 Å². The molecule has 5 N–H and O–H groups in total. The lowest BCUT2D eigenvalue weighted by Gasteiger charge is -2.16. The number of rotatable bonds is 7. The molecular weight excluding hydrogens is 284 g/mol. The van der Waals surface area contributed by atoms with Crippen molar-refractivity contribution in [2.45, 2.75) is 38.3 Å². The van der Waals surface area contributed by atoms with E-state index in [0.29, 0.717) is 23.8 Å². The fourth-order valence-corrected chi connectivity index (χ4v) is 3.05. The first-order valence-corrected chi connectivity index (χ1v) is 8.01. The van der Waals surface area contributed by atoms with Crippen LogP contribution in [0.15, 0.2) is 29.3 Å². The molecule has 0 aliphatic heterocycles. The number of aliphatic hydroxyl groups excluding tert-OH is 1. The lowest BCUT2D eigenvalue weighted by molar-refractivity contribution is 0.141. The number of nitrogens with zero attached hydrogens (tertiary/aromatic N) is 2. The van der Waals surface area contributed by atoms with Crippen LogP contribution in [-0.4, -0.2) is 28.5 Å². The van der Waals surface area contributed by atoms with Gasteiger partial charge in [-0.25, -0.2) is 4.98 Å². The molecule has 114 valence electrons. The maximum atomic E-state index is 10.3. The van der Waals surface area contributed by atoms with Gasteiger partial charge in [-0.1, -0.05) is 19.1 Å². The molecule has 0 saturated carbocycles. The number of hydrogen-bond acceptors (Lipinski definition) is 5. The van der Waals surface area contributed by atoms with Crippen molar-refractivity contribution in [2.24, 2.45) is 16.5 Å². The van der Waals surface area contributed by atoms with Gasteiger partial charge >= 0.3 is 0 Å². The quantitative estimate of drug-likeness (QED) is 0.415.